The summed E-state index contributed by atoms with van der Waals surface area (Å²) in [6, 6.07) is 10.7. The van der Waals surface area contributed by atoms with Crippen LogP contribution in [-0.4, -0.2) is 37.4 Å². The van der Waals surface area contributed by atoms with Gasteiger partial charge < -0.3 is 9.73 Å². The topological polar surface area (TPSA) is 114 Å². The predicted molar refractivity (Wildman–Crippen MR) is 104 cm³/mol. The summed E-state index contributed by atoms with van der Waals surface area (Å²) in [7, 11) is 0. The Labute approximate surface area is 167 Å². The average Bonchev–Trinajstić information content (AvgIpc) is 3.42. The third-order valence-corrected chi connectivity index (χ3v) is 5.54. The van der Waals surface area contributed by atoms with Gasteiger partial charge in [-0.2, -0.15) is 4.52 Å². The molecule has 0 aliphatic heterocycles. The lowest BCUT2D eigenvalue weighted by atomic mass is 10.2. The van der Waals surface area contributed by atoms with E-state index in [0.717, 1.165) is 0 Å². The first-order valence-corrected chi connectivity index (χ1v) is 9.98. The quantitative estimate of drug-likeness (QED) is 0.446. The monoisotopic (exact) mass is 414 g/mol. The lowest BCUT2D eigenvalue weighted by Crippen LogP contribution is -2.24. The van der Waals surface area contributed by atoms with Crippen molar-refractivity contribution in [2.75, 3.05) is 11.1 Å². The van der Waals surface area contributed by atoms with Gasteiger partial charge in [-0.1, -0.05) is 23.5 Å². The van der Waals surface area contributed by atoms with E-state index >= 15 is 0 Å². The molecule has 4 rings (SSSR count). The number of hydrogen-bond donors (Lipinski definition) is 2. The summed E-state index contributed by atoms with van der Waals surface area (Å²) in [5, 5.41) is 17.8. The molecule has 0 fully saturated rings. The van der Waals surface area contributed by atoms with Crippen LogP contribution in [0.4, 0.5) is 5.13 Å². The van der Waals surface area contributed by atoms with E-state index in [-0.39, 0.29) is 17.6 Å². The number of carbonyl (C=O) groups is 2. The smallest absolute Gasteiger partial charge is 0.258 e. The average molecular weight is 414 g/mol. The summed E-state index contributed by atoms with van der Waals surface area (Å²) >= 11 is 2.51. The zero-order chi connectivity index (χ0) is 19.3. The molecule has 0 aliphatic carbocycles. The first kappa shape index (κ1) is 18.2. The van der Waals surface area contributed by atoms with Crippen molar-refractivity contribution in [3.05, 3.63) is 60.3 Å². The van der Waals surface area contributed by atoms with Crippen LogP contribution in [0.1, 0.15) is 16.1 Å². The standard InChI is InChI=1S/C17H14N6O3S2/c24-14(18-8-11-4-3-7-26-11)9-27-13-6-2-1-5-12(13)15(25)20-16-22-23-10-19-21-17(23)28-16/h1-7,10H,8-9H2,(H,18,24)(H,20,22,25). The van der Waals surface area contributed by atoms with E-state index in [0.29, 0.717) is 32.9 Å². The van der Waals surface area contributed by atoms with Gasteiger partial charge in [-0.25, -0.2) is 0 Å². The van der Waals surface area contributed by atoms with Gasteiger partial charge in [0.1, 0.15) is 12.1 Å². The van der Waals surface area contributed by atoms with Gasteiger partial charge in [-0.05, 0) is 24.3 Å². The van der Waals surface area contributed by atoms with E-state index in [4.69, 9.17) is 4.42 Å². The number of fused-ring (bicyclic) bond motifs is 1. The molecule has 0 unspecified atom stereocenters. The molecule has 0 atom stereocenters. The van der Waals surface area contributed by atoms with Crippen molar-refractivity contribution in [3.63, 3.8) is 0 Å². The molecule has 3 heterocycles. The number of anilines is 1. The fourth-order valence-electron chi connectivity index (χ4n) is 2.35. The number of nitrogens with one attached hydrogen (secondary N) is 2. The van der Waals surface area contributed by atoms with Gasteiger partial charge >= 0.3 is 0 Å². The third-order valence-electron chi connectivity index (χ3n) is 3.64. The van der Waals surface area contributed by atoms with Crippen molar-refractivity contribution in [3.8, 4) is 0 Å². The van der Waals surface area contributed by atoms with Gasteiger partial charge in [-0.3, -0.25) is 14.9 Å². The second-order valence-electron chi connectivity index (χ2n) is 5.56. The summed E-state index contributed by atoms with van der Waals surface area (Å²) in [4.78, 5) is 26.0. The fourth-order valence-corrected chi connectivity index (χ4v) is 3.94. The van der Waals surface area contributed by atoms with Crippen molar-refractivity contribution in [2.45, 2.75) is 11.4 Å². The highest BCUT2D eigenvalue weighted by Crippen LogP contribution is 2.24. The summed E-state index contributed by atoms with van der Waals surface area (Å²) in [6.45, 7) is 0.329. The van der Waals surface area contributed by atoms with Crippen molar-refractivity contribution < 1.29 is 14.0 Å². The van der Waals surface area contributed by atoms with E-state index in [2.05, 4.69) is 25.9 Å². The minimum Gasteiger partial charge on any atom is -0.467 e. The maximum Gasteiger partial charge on any atom is 0.258 e. The first-order chi connectivity index (χ1) is 13.7. The van der Waals surface area contributed by atoms with Crippen molar-refractivity contribution in [2.24, 2.45) is 0 Å². The van der Waals surface area contributed by atoms with Gasteiger partial charge in [0.25, 0.3) is 5.91 Å². The molecule has 11 heteroatoms. The lowest BCUT2D eigenvalue weighted by Gasteiger charge is -2.08. The molecule has 2 N–H and O–H groups in total. The van der Waals surface area contributed by atoms with Crippen molar-refractivity contribution >= 4 is 45.0 Å². The summed E-state index contributed by atoms with van der Waals surface area (Å²) in [6.07, 6.45) is 3.02. The molecule has 0 aliphatic rings. The maximum atomic E-state index is 12.6. The largest absolute Gasteiger partial charge is 0.467 e. The summed E-state index contributed by atoms with van der Waals surface area (Å²) in [5.41, 5.74) is 0.470. The Morgan fingerprint density at radius 2 is 2.11 bits per heavy atom. The molecule has 0 saturated carbocycles. The second kappa shape index (κ2) is 8.23. The maximum absolute atomic E-state index is 12.6. The van der Waals surface area contributed by atoms with Crippen LogP contribution in [0.5, 0.6) is 0 Å². The molecule has 1 aromatic carbocycles. The minimum atomic E-state index is -0.302. The molecule has 0 saturated heterocycles. The molecular formula is C17H14N6O3S2. The highest BCUT2D eigenvalue weighted by atomic mass is 32.2. The van der Waals surface area contributed by atoms with Gasteiger partial charge in [0.15, 0.2) is 0 Å². The molecule has 3 aromatic heterocycles. The van der Waals surface area contributed by atoms with Crippen molar-refractivity contribution in [1.82, 2.24) is 25.1 Å². The minimum absolute atomic E-state index is 0.148. The van der Waals surface area contributed by atoms with Crippen LogP contribution >= 0.6 is 23.1 Å². The number of rotatable bonds is 7. The van der Waals surface area contributed by atoms with Crippen LogP contribution in [0.25, 0.3) is 4.96 Å². The van der Waals surface area contributed by atoms with Crippen LogP contribution in [0.15, 0.2) is 58.3 Å². The number of amides is 2. The molecule has 142 valence electrons. The zero-order valence-corrected chi connectivity index (χ0v) is 16.0. The number of benzene rings is 1. The number of hydrogen-bond acceptors (Lipinski definition) is 8. The second-order valence-corrected chi connectivity index (χ2v) is 7.53. The number of carbonyl (C=O) groups excluding carboxylic acids is 2. The Morgan fingerprint density at radius 1 is 1.21 bits per heavy atom. The Morgan fingerprint density at radius 3 is 2.93 bits per heavy atom. The number of nitrogens with zero attached hydrogens (tertiary/aromatic N) is 4. The molecule has 0 spiro atoms. The van der Waals surface area contributed by atoms with E-state index in [1.807, 2.05) is 6.07 Å². The highest BCUT2D eigenvalue weighted by molar-refractivity contribution is 8.00. The van der Waals surface area contributed by atoms with E-state index in [1.165, 1.54) is 33.9 Å². The van der Waals surface area contributed by atoms with Crippen LogP contribution in [-0.2, 0) is 11.3 Å². The van der Waals surface area contributed by atoms with Crippen LogP contribution < -0.4 is 10.6 Å². The van der Waals surface area contributed by atoms with Gasteiger partial charge in [0, 0.05) is 4.90 Å². The zero-order valence-electron chi connectivity index (χ0n) is 14.4. The Balaban J connectivity index is 1.37. The molecule has 0 bridgehead atoms. The number of thioether (sulfide) groups is 1. The third kappa shape index (κ3) is 4.21. The Kier molecular flexibility index (Phi) is 5.35. The molecular weight excluding hydrogens is 400 g/mol. The molecule has 28 heavy (non-hydrogen) atoms. The van der Waals surface area contributed by atoms with Gasteiger partial charge in [0.2, 0.25) is 16.0 Å². The molecule has 9 nitrogen and oxygen atoms in total. The van der Waals surface area contributed by atoms with Crippen molar-refractivity contribution in [1.29, 1.82) is 0 Å². The highest BCUT2D eigenvalue weighted by Gasteiger charge is 2.15. The lowest BCUT2D eigenvalue weighted by molar-refractivity contribution is -0.118. The summed E-state index contributed by atoms with van der Waals surface area (Å²) < 4.78 is 6.67. The van der Waals surface area contributed by atoms with E-state index in [9.17, 15) is 9.59 Å². The normalized spacial score (nSPS) is 10.9. The van der Waals surface area contributed by atoms with E-state index in [1.54, 1.807) is 36.6 Å². The molecule has 4 aromatic rings. The Hall–Kier alpha value is -3.18. The summed E-state index contributed by atoms with van der Waals surface area (Å²) in [5.74, 6) is 0.416. The SMILES string of the molecule is O=C(CSc1ccccc1C(=O)Nc1nn2cnnc2s1)NCc1ccco1. The Bertz CT molecular complexity index is 1080. The van der Waals surface area contributed by atoms with Crippen LogP contribution in [0.2, 0.25) is 0 Å². The first-order valence-electron chi connectivity index (χ1n) is 8.18. The molecule has 2 amide bonds. The number of furan rings is 1. The fraction of sp³-hybridized carbons (Fsp3) is 0.118. The predicted octanol–water partition coefficient (Wildman–Crippen LogP) is 2.44. The van der Waals surface area contributed by atoms with E-state index < -0.39 is 0 Å². The van der Waals surface area contributed by atoms with Gasteiger partial charge in [0.05, 0.1) is 24.1 Å². The van der Waals surface area contributed by atoms with Crippen LogP contribution in [0, 0.1) is 0 Å². The van der Waals surface area contributed by atoms with Gasteiger partial charge in [-0.15, -0.1) is 27.1 Å². The van der Waals surface area contributed by atoms with Crippen LogP contribution in [0.3, 0.4) is 0 Å². The molecule has 0 radical (unpaired) electrons. The number of aromatic nitrogens is 4.